The Morgan fingerprint density at radius 1 is 1.24 bits per heavy atom. The van der Waals surface area contributed by atoms with Gasteiger partial charge in [-0.2, -0.15) is 16.1 Å². The van der Waals surface area contributed by atoms with E-state index in [0.29, 0.717) is 13.1 Å². The van der Waals surface area contributed by atoms with E-state index in [0.717, 1.165) is 42.1 Å². The van der Waals surface area contributed by atoms with Crippen molar-refractivity contribution in [3.05, 3.63) is 35.4 Å². The maximum atomic E-state index is 12.4. The predicted molar refractivity (Wildman–Crippen MR) is 90.0 cm³/mol. The first-order valence-electron chi connectivity index (χ1n) is 7.46. The third-order valence-corrected chi connectivity index (χ3v) is 6.25. The first kappa shape index (κ1) is 16.8. The monoisotopic (exact) mass is 328 g/mol. The minimum atomic E-state index is -3.18. The van der Waals surface area contributed by atoms with Crippen LogP contribution >= 0.6 is 11.8 Å². The van der Waals surface area contributed by atoms with Crippen LogP contribution in [0, 0.1) is 0 Å². The van der Waals surface area contributed by atoms with Gasteiger partial charge in [-0.25, -0.2) is 8.42 Å². The Bertz CT molecular complexity index is 540. The van der Waals surface area contributed by atoms with Gasteiger partial charge in [-0.3, -0.25) is 0 Å². The Morgan fingerprint density at radius 2 is 1.95 bits per heavy atom. The highest BCUT2D eigenvalue weighted by Crippen LogP contribution is 2.17. The van der Waals surface area contributed by atoms with Crippen LogP contribution in [0.15, 0.2) is 24.3 Å². The van der Waals surface area contributed by atoms with Crippen LogP contribution in [0.25, 0.3) is 0 Å². The highest BCUT2D eigenvalue weighted by molar-refractivity contribution is 7.99. The van der Waals surface area contributed by atoms with E-state index in [4.69, 9.17) is 0 Å². The van der Waals surface area contributed by atoms with Crippen molar-refractivity contribution in [3.63, 3.8) is 0 Å². The van der Waals surface area contributed by atoms with Gasteiger partial charge in [0, 0.05) is 31.1 Å². The van der Waals surface area contributed by atoms with Crippen molar-refractivity contribution in [2.75, 3.05) is 31.1 Å². The van der Waals surface area contributed by atoms with Crippen LogP contribution in [0.4, 0.5) is 0 Å². The molecule has 1 aliphatic rings. The summed E-state index contributed by atoms with van der Waals surface area (Å²) in [7, 11) is -3.18. The highest BCUT2D eigenvalue weighted by atomic mass is 32.2. The smallest absolute Gasteiger partial charge is 0.218 e. The summed E-state index contributed by atoms with van der Waals surface area (Å²) in [5, 5.41) is 3.34. The molecule has 1 N–H and O–H groups in total. The largest absolute Gasteiger partial charge is 0.313 e. The molecule has 1 aromatic rings. The summed E-state index contributed by atoms with van der Waals surface area (Å²) in [6.07, 6.45) is 1.10. The summed E-state index contributed by atoms with van der Waals surface area (Å²) in [6, 6.07) is 7.88. The average Bonchev–Trinajstić information content (AvgIpc) is 2.48. The maximum absolute atomic E-state index is 12.4. The van der Waals surface area contributed by atoms with E-state index in [9.17, 15) is 8.42 Å². The fourth-order valence-corrected chi connectivity index (χ4v) is 5.02. The van der Waals surface area contributed by atoms with Gasteiger partial charge in [-0.1, -0.05) is 31.2 Å². The molecule has 4 nitrogen and oxygen atoms in total. The average molecular weight is 329 g/mol. The lowest BCUT2D eigenvalue weighted by Gasteiger charge is -2.25. The molecule has 1 heterocycles. The molecule has 6 heteroatoms. The Morgan fingerprint density at radius 3 is 2.67 bits per heavy atom. The van der Waals surface area contributed by atoms with Crippen molar-refractivity contribution in [1.29, 1.82) is 0 Å². The van der Waals surface area contributed by atoms with E-state index in [1.54, 1.807) is 4.31 Å². The van der Waals surface area contributed by atoms with Crippen LogP contribution in [0.1, 0.15) is 24.5 Å². The molecule has 21 heavy (non-hydrogen) atoms. The van der Waals surface area contributed by atoms with Gasteiger partial charge in [-0.15, -0.1) is 0 Å². The molecule has 2 rings (SSSR count). The van der Waals surface area contributed by atoms with E-state index in [1.807, 2.05) is 36.0 Å². The molecule has 0 spiro atoms. The van der Waals surface area contributed by atoms with Gasteiger partial charge in [0.2, 0.25) is 10.0 Å². The fraction of sp³-hybridized carbons (Fsp3) is 0.600. The van der Waals surface area contributed by atoms with Crippen molar-refractivity contribution < 1.29 is 8.42 Å². The van der Waals surface area contributed by atoms with E-state index in [1.165, 1.54) is 0 Å². The standard InChI is InChI=1S/C15H24N2O2S2/c1-2-6-16-12-14-4-3-5-15(11-14)13-21(18,19)17-7-9-20-10-8-17/h3-5,11,16H,2,6-10,12-13H2,1H3. The third-order valence-electron chi connectivity index (χ3n) is 3.46. The SMILES string of the molecule is CCCNCc1cccc(CS(=O)(=O)N2CCSCC2)c1. The van der Waals surface area contributed by atoms with Gasteiger partial charge in [0.25, 0.3) is 0 Å². The number of hydrogen-bond acceptors (Lipinski definition) is 4. The molecule has 0 aromatic heterocycles. The molecule has 0 aliphatic carbocycles. The minimum absolute atomic E-state index is 0.110. The number of thioether (sulfide) groups is 1. The second-order valence-corrected chi connectivity index (χ2v) is 8.46. The molecule has 1 aromatic carbocycles. The van der Waals surface area contributed by atoms with Crippen LogP contribution < -0.4 is 5.32 Å². The first-order chi connectivity index (χ1) is 10.1. The van der Waals surface area contributed by atoms with E-state index < -0.39 is 10.0 Å². The van der Waals surface area contributed by atoms with Crippen LogP contribution in [-0.2, 0) is 22.3 Å². The van der Waals surface area contributed by atoms with Gasteiger partial charge in [-0.05, 0) is 24.1 Å². The summed E-state index contributed by atoms with van der Waals surface area (Å²) in [5.74, 6) is 1.92. The molecule has 0 bridgehead atoms. The molecule has 0 atom stereocenters. The molecule has 118 valence electrons. The second kappa shape index (κ2) is 8.17. The molecular weight excluding hydrogens is 304 g/mol. The molecule has 0 radical (unpaired) electrons. The topological polar surface area (TPSA) is 49.4 Å². The van der Waals surface area contributed by atoms with Gasteiger partial charge >= 0.3 is 0 Å². The number of benzene rings is 1. The minimum Gasteiger partial charge on any atom is -0.313 e. The van der Waals surface area contributed by atoms with E-state index in [2.05, 4.69) is 12.2 Å². The highest BCUT2D eigenvalue weighted by Gasteiger charge is 2.24. The van der Waals surface area contributed by atoms with Crippen molar-refractivity contribution in [2.24, 2.45) is 0 Å². The fourth-order valence-electron chi connectivity index (χ4n) is 2.37. The number of nitrogens with zero attached hydrogens (tertiary/aromatic N) is 1. The van der Waals surface area contributed by atoms with Gasteiger partial charge < -0.3 is 5.32 Å². The van der Waals surface area contributed by atoms with Gasteiger partial charge in [0.1, 0.15) is 0 Å². The molecule has 0 unspecified atom stereocenters. The Balaban J connectivity index is 1.99. The first-order valence-corrected chi connectivity index (χ1v) is 10.2. The zero-order chi connectivity index (χ0) is 15.1. The van der Waals surface area contributed by atoms with Crippen molar-refractivity contribution >= 4 is 21.8 Å². The second-order valence-electron chi connectivity index (χ2n) is 5.26. The number of hydrogen-bond donors (Lipinski definition) is 1. The molecule has 0 amide bonds. The third kappa shape index (κ3) is 5.29. The molecule has 1 aliphatic heterocycles. The Kier molecular flexibility index (Phi) is 6.54. The molecule has 0 saturated carbocycles. The summed E-state index contributed by atoms with van der Waals surface area (Å²) in [5.41, 5.74) is 2.02. The van der Waals surface area contributed by atoms with Crippen LogP contribution in [0.5, 0.6) is 0 Å². The van der Waals surface area contributed by atoms with Crippen molar-refractivity contribution in [2.45, 2.75) is 25.6 Å². The van der Waals surface area contributed by atoms with E-state index >= 15 is 0 Å². The quantitative estimate of drug-likeness (QED) is 0.779. The van der Waals surface area contributed by atoms with Crippen LogP contribution in [0.3, 0.4) is 0 Å². The van der Waals surface area contributed by atoms with Gasteiger partial charge in [0.05, 0.1) is 5.75 Å². The summed E-state index contributed by atoms with van der Waals surface area (Å²) in [4.78, 5) is 0. The summed E-state index contributed by atoms with van der Waals surface area (Å²) in [6.45, 7) is 5.19. The molecular formula is C15H24N2O2S2. The predicted octanol–water partition coefficient (Wildman–Crippen LogP) is 2.06. The Hall–Kier alpha value is -0.560. The number of rotatable bonds is 7. The molecule has 1 saturated heterocycles. The van der Waals surface area contributed by atoms with Gasteiger partial charge in [0.15, 0.2) is 0 Å². The lowest BCUT2D eigenvalue weighted by Crippen LogP contribution is -2.38. The van der Waals surface area contributed by atoms with E-state index in [-0.39, 0.29) is 5.75 Å². The normalized spacial score (nSPS) is 17.0. The summed E-state index contributed by atoms with van der Waals surface area (Å²) >= 11 is 1.82. The Labute approximate surface area is 132 Å². The maximum Gasteiger partial charge on any atom is 0.218 e. The zero-order valence-corrected chi connectivity index (χ0v) is 14.2. The van der Waals surface area contributed by atoms with Crippen LogP contribution in [0.2, 0.25) is 0 Å². The van der Waals surface area contributed by atoms with Crippen molar-refractivity contribution in [1.82, 2.24) is 9.62 Å². The number of sulfonamides is 1. The summed E-state index contributed by atoms with van der Waals surface area (Å²) < 4.78 is 26.5. The lowest BCUT2D eigenvalue weighted by atomic mass is 10.1. The molecule has 1 fully saturated rings. The lowest BCUT2D eigenvalue weighted by molar-refractivity contribution is 0.443. The zero-order valence-electron chi connectivity index (χ0n) is 12.5. The van der Waals surface area contributed by atoms with Crippen molar-refractivity contribution in [3.8, 4) is 0 Å². The van der Waals surface area contributed by atoms with Crippen LogP contribution in [-0.4, -0.2) is 43.9 Å². The number of nitrogens with one attached hydrogen (secondary N) is 1.